The summed E-state index contributed by atoms with van der Waals surface area (Å²) in [5.74, 6) is -0.770. The van der Waals surface area contributed by atoms with Gasteiger partial charge in [-0.1, -0.05) is 58.3 Å². The smallest absolute Gasteiger partial charge is 0.409 e. The summed E-state index contributed by atoms with van der Waals surface area (Å²) < 4.78 is 10.6. The second kappa shape index (κ2) is 15.5. The maximum absolute atomic E-state index is 12.8. The molecule has 6 atom stereocenters. The summed E-state index contributed by atoms with van der Waals surface area (Å²) >= 11 is 0. The molecule has 0 aromatic rings. The SMILES string of the molecule is CCCCCCCCCCC[C@@H](NC(=O)OC(C)(C)C)NC(=O)[C@@H]1O[C@H](CO)[C@@H](O)[C@H](O)[C@H]1O. The number of rotatable bonds is 14. The van der Waals surface area contributed by atoms with Gasteiger partial charge in [-0.3, -0.25) is 4.79 Å². The summed E-state index contributed by atoms with van der Waals surface area (Å²) in [5, 5.41) is 44.7. The van der Waals surface area contributed by atoms with E-state index in [2.05, 4.69) is 17.6 Å². The zero-order chi connectivity index (χ0) is 25.7. The first-order valence-corrected chi connectivity index (χ1v) is 12.6. The van der Waals surface area contributed by atoms with Crippen molar-refractivity contribution in [3.63, 3.8) is 0 Å². The molecule has 2 amide bonds. The van der Waals surface area contributed by atoms with E-state index < -0.39 is 60.9 Å². The summed E-state index contributed by atoms with van der Waals surface area (Å²) in [6.45, 7) is 6.75. The molecule has 1 aliphatic rings. The molecular weight excluding hydrogens is 444 g/mol. The van der Waals surface area contributed by atoms with E-state index in [0.717, 1.165) is 25.7 Å². The minimum absolute atomic E-state index is 0.443. The number of aliphatic hydroxyl groups is 4. The molecule has 10 heteroatoms. The highest BCUT2D eigenvalue weighted by atomic mass is 16.6. The van der Waals surface area contributed by atoms with Gasteiger partial charge in [0.15, 0.2) is 6.10 Å². The first kappa shape index (κ1) is 30.6. The van der Waals surface area contributed by atoms with Crippen molar-refractivity contribution in [2.45, 2.75) is 134 Å². The average molecular weight is 491 g/mol. The van der Waals surface area contributed by atoms with Gasteiger partial charge in [0, 0.05) is 0 Å². The van der Waals surface area contributed by atoms with Crippen LogP contribution in [0, 0.1) is 0 Å². The molecule has 1 saturated heterocycles. The van der Waals surface area contributed by atoms with Crippen molar-refractivity contribution in [1.29, 1.82) is 0 Å². The minimum atomic E-state index is -1.69. The van der Waals surface area contributed by atoms with Crippen molar-refractivity contribution in [3.8, 4) is 0 Å². The first-order chi connectivity index (χ1) is 16.0. The lowest BCUT2D eigenvalue weighted by atomic mass is 9.94. The van der Waals surface area contributed by atoms with E-state index >= 15 is 0 Å². The van der Waals surface area contributed by atoms with Gasteiger partial charge in [0.1, 0.15) is 36.2 Å². The third-order valence-corrected chi connectivity index (χ3v) is 5.75. The van der Waals surface area contributed by atoms with Crippen molar-refractivity contribution >= 4 is 12.0 Å². The van der Waals surface area contributed by atoms with Gasteiger partial charge >= 0.3 is 6.09 Å². The Hall–Kier alpha value is -1.46. The molecule has 0 radical (unpaired) electrons. The van der Waals surface area contributed by atoms with Crippen LogP contribution >= 0.6 is 0 Å². The molecule has 10 nitrogen and oxygen atoms in total. The zero-order valence-corrected chi connectivity index (χ0v) is 21.2. The summed E-state index contributed by atoms with van der Waals surface area (Å²) in [5.41, 5.74) is -0.715. The fourth-order valence-corrected chi connectivity index (χ4v) is 3.86. The predicted octanol–water partition coefficient (Wildman–Crippen LogP) is 1.72. The van der Waals surface area contributed by atoms with E-state index in [4.69, 9.17) is 9.47 Å². The van der Waals surface area contributed by atoms with Crippen LogP contribution in [0.1, 0.15) is 91.9 Å². The Morgan fingerprint density at radius 3 is 1.97 bits per heavy atom. The van der Waals surface area contributed by atoms with Gasteiger partial charge in [0.05, 0.1) is 6.61 Å². The van der Waals surface area contributed by atoms with E-state index in [1.165, 1.54) is 32.1 Å². The number of hydrogen-bond acceptors (Lipinski definition) is 8. The molecule has 34 heavy (non-hydrogen) atoms. The quantitative estimate of drug-likeness (QED) is 0.159. The lowest BCUT2D eigenvalue weighted by Crippen LogP contribution is -2.63. The lowest BCUT2D eigenvalue weighted by molar-refractivity contribution is -0.227. The predicted molar refractivity (Wildman–Crippen MR) is 127 cm³/mol. The Balaban J connectivity index is 2.63. The minimum Gasteiger partial charge on any atom is -0.444 e. The molecule has 200 valence electrons. The highest BCUT2D eigenvalue weighted by molar-refractivity contribution is 5.82. The molecule has 0 aromatic heterocycles. The Morgan fingerprint density at radius 1 is 0.882 bits per heavy atom. The number of carbonyl (C=O) groups excluding carboxylic acids is 2. The standard InChI is InChI=1S/C24H46N2O8/c1-5-6-7-8-9-10-11-12-13-14-17(26-23(32)34-24(2,3)4)25-22(31)21-20(30)19(29)18(28)16(15-27)33-21/h16-21,27-30H,5-15H2,1-4H3,(H,25,31)(H,26,32)/t16-,17-,18-,19+,20-,21-/m1/s1. The van der Waals surface area contributed by atoms with Crippen molar-refractivity contribution in [3.05, 3.63) is 0 Å². The van der Waals surface area contributed by atoms with Crippen LogP contribution in [-0.2, 0) is 14.3 Å². The fraction of sp³-hybridized carbons (Fsp3) is 0.917. The number of hydrogen-bond donors (Lipinski definition) is 6. The Kier molecular flexibility index (Phi) is 14.0. The number of aliphatic hydroxyl groups excluding tert-OH is 4. The fourth-order valence-electron chi connectivity index (χ4n) is 3.86. The highest BCUT2D eigenvalue weighted by Gasteiger charge is 2.46. The average Bonchev–Trinajstić information content (AvgIpc) is 2.75. The van der Waals surface area contributed by atoms with Gasteiger partial charge in [0.2, 0.25) is 0 Å². The van der Waals surface area contributed by atoms with Crippen LogP contribution < -0.4 is 10.6 Å². The van der Waals surface area contributed by atoms with Crippen molar-refractivity contribution < 1.29 is 39.5 Å². The summed E-state index contributed by atoms with van der Waals surface area (Å²) in [6, 6.07) is 0. The Morgan fingerprint density at radius 2 is 1.44 bits per heavy atom. The van der Waals surface area contributed by atoms with Gasteiger partial charge in [0.25, 0.3) is 5.91 Å². The molecule has 1 aliphatic heterocycles. The highest BCUT2D eigenvalue weighted by Crippen LogP contribution is 2.21. The van der Waals surface area contributed by atoms with Gasteiger partial charge < -0.3 is 40.5 Å². The van der Waals surface area contributed by atoms with E-state index in [9.17, 15) is 30.0 Å². The largest absolute Gasteiger partial charge is 0.444 e. The number of ether oxygens (including phenoxy) is 2. The summed E-state index contributed by atoms with van der Waals surface area (Å²) in [6.07, 6.45) is 1.47. The van der Waals surface area contributed by atoms with Crippen LogP contribution in [0.15, 0.2) is 0 Å². The topological polar surface area (TPSA) is 158 Å². The lowest BCUT2D eigenvalue weighted by Gasteiger charge is -2.39. The number of carbonyl (C=O) groups is 2. The maximum atomic E-state index is 12.8. The van der Waals surface area contributed by atoms with Crippen molar-refractivity contribution in [2.24, 2.45) is 0 Å². The molecule has 0 spiro atoms. The first-order valence-electron chi connectivity index (χ1n) is 12.6. The molecule has 1 fully saturated rings. The molecule has 1 rings (SSSR count). The summed E-state index contributed by atoms with van der Waals surface area (Å²) in [7, 11) is 0. The number of amides is 2. The van der Waals surface area contributed by atoms with E-state index in [0.29, 0.717) is 6.42 Å². The third-order valence-electron chi connectivity index (χ3n) is 5.75. The number of nitrogens with one attached hydrogen (secondary N) is 2. The Labute approximate surface area is 203 Å². The van der Waals surface area contributed by atoms with Crippen molar-refractivity contribution in [2.75, 3.05) is 6.61 Å². The zero-order valence-electron chi connectivity index (χ0n) is 21.2. The van der Waals surface area contributed by atoms with Crippen LogP contribution in [0.3, 0.4) is 0 Å². The molecule has 6 N–H and O–H groups in total. The molecule has 0 saturated carbocycles. The molecule has 0 aliphatic carbocycles. The number of unbranched alkanes of at least 4 members (excludes halogenated alkanes) is 8. The maximum Gasteiger partial charge on any atom is 0.409 e. The third kappa shape index (κ3) is 11.3. The second-order valence-corrected chi connectivity index (χ2v) is 10.1. The van der Waals surface area contributed by atoms with Gasteiger partial charge in [-0.2, -0.15) is 0 Å². The van der Waals surface area contributed by atoms with Crippen LogP contribution in [0.5, 0.6) is 0 Å². The second-order valence-electron chi connectivity index (χ2n) is 10.1. The van der Waals surface area contributed by atoms with Crippen molar-refractivity contribution in [1.82, 2.24) is 10.6 Å². The number of alkyl carbamates (subject to hydrolysis) is 1. The molecule has 1 heterocycles. The monoisotopic (exact) mass is 490 g/mol. The van der Waals surface area contributed by atoms with E-state index in [-0.39, 0.29) is 0 Å². The van der Waals surface area contributed by atoms with Gasteiger partial charge in [-0.05, 0) is 33.6 Å². The summed E-state index contributed by atoms with van der Waals surface area (Å²) in [4.78, 5) is 25.1. The molecular formula is C24H46N2O8. The molecule has 0 aromatic carbocycles. The van der Waals surface area contributed by atoms with Crippen LogP contribution in [0.4, 0.5) is 4.79 Å². The Bertz CT molecular complexity index is 596. The molecule has 0 bridgehead atoms. The molecule has 0 unspecified atom stereocenters. The van der Waals surface area contributed by atoms with Gasteiger partial charge in [-0.15, -0.1) is 0 Å². The van der Waals surface area contributed by atoms with E-state index in [1.807, 2.05) is 0 Å². The van der Waals surface area contributed by atoms with Gasteiger partial charge in [-0.25, -0.2) is 4.79 Å². The van der Waals surface area contributed by atoms with E-state index in [1.54, 1.807) is 20.8 Å². The van der Waals surface area contributed by atoms with Crippen LogP contribution in [0.25, 0.3) is 0 Å². The van der Waals surface area contributed by atoms with Crippen LogP contribution in [-0.4, -0.2) is 81.3 Å². The van der Waals surface area contributed by atoms with Crippen LogP contribution in [0.2, 0.25) is 0 Å². The normalized spacial score (nSPS) is 26.1.